The standard InChI is InChI=1S/C17H20N2O2S2/c1-4-8-18-16(20)12(2)22-10-14-11-23-17(19-14)13-6-5-7-15(9-13)21-3/h4-7,9,11-12H,1,8,10H2,2-3H3,(H,18,20). The molecule has 1 aromatic carbocycles. The van der Waals surface area contributed by atoms with Gasteiger partial charge < -0.3 is 10.1 Å². The Kier molecular flexibility index (Phi) is 6.67. The summed E-state index contributed by atoms with van der Waals surface area (Å²) in [6.45, 7) is 5.99. The number of hydrogen-bond acceptors (Lipinski definition) is 5. The van der Waals surface area contributed by atoms with Crippen molar-refractivity contribution in [2.75, 3.05) is 13.7 Å². The molecule has 1 unspecified atom stereocenters. The first-order valence-electron chi connectivity index (χ1n) is 7.23. The molecule has 23 heavy (non-hydrogen) atoms. The zero-order valence-electron chi connectivity index (χ0n) is 13.2. The fourth-order valence-corrected chi connectivity index (χ4v) is 3.59. The van der Waals surface area contributed by atoms with Crippen LogP contribution in [0.5, 0.6) is 5.75 Å². The SMILES string of the molecule is C=CCNC(=O)C(C)SCc1csc(-c2cccc(OC)c2)n1. The average Bonchev–Trinajstić information content (AvgIpc) is 3.06. The monoisotopic (exact) mass is 348 g/mol. The van der Waals surface area contributed by atoms with E-state index in [1.54, 1.807) is 36.3 Å². The Hall–Kier alpha value is -1.79. The number of amides is 1. The van der Waals surface area contributed by atoms with Crippen LogP contribution in [0.4, 0.5) is 0 Å². The van der Waals surface area contributed by atoms with Crippen LogP contribution in [-0.4, -0.2) is 29.8 Å². The fourth-order valence-electron chi connectivity index (χ4n) is 1.86. The maximum Gasteiger partial charge on any atom is 0.233 e. The molecular formula is C17H20N2O2S2. The van der Waals surface area contributed by atoms with Crippen molar-refractivity contribution < 1.29 is 9.53 Å². The van der Waals surface area contributed by atoms with E-state index in [0.717, 1.165) is 22.0 Å². The quantitative estimate of drug-likeness (QED) is 0.738. The number of benzene rings is 1. The Morgan fingerprint density at radius 1 is 1.57 bits per heavy atom. The largest absolute Gasteiger partial charge is 0.497 e. The molecule has 0 aliphatic carbocycles. The third-order valence-electron chi connectivity index (χ3n) is 3.14. The minimum Gasteiger partial charge on any atom is -0.497 e. The van der Waals surface area contributed by atoms with Crippen molar-refractivity contribution in [2.24, 2.45) is 0 Å². The third kappa shape index (κ3) is 5.11. The van der Waals surface area contributed by atoms with Crippen LogP contribution in [0.2, 0.25) is 0 Å². The van der Waals surface area contributed by atoms with E-state index in [-0.39, 0.29) is 11.2 Å². The van der Waals surface area contributed by atoms with Crippen molar-refractivity contribution in [1.82, 2.24) is 10.3 Å². The minimum atomic E-state index is -0.114. The van der Waals surface area contributed by atoms with Gasteiger partial charge in [-0.15, -0.1) is 29.7 Å². The number of carbonyl (C=O) groups excluding carboxylic acids is 1. The second-order valence-electron chi connectivity index (χ2n) is 4.86. The van der Waals surface area contributed by atoms with Gasteiger partial charge in [-0.05, 0) is 19.1 Å². The normalized spacial score (nSPS) is 11.7. The van der Waals surface area contributed by atoms with Crippen LogP contribution >= 0.6 is 23.1 Å². The van der Waals surface area contributed by atoms with Gasteiger partial charge in [-0.1, -0.05) is 18.2 Å². The summed E-state index contributed by atoms with van der Waals surface area (Å²) < 4.78 is 5.24. The molecular weight excluding hydrogens is 328 g/mol. The van der Waals surface area contributed by atoms with E-state index in [2.05, 4.69) is 16.9 Å². The van der Waals surface area contributed by atoms with E-state index in [9.17, 15) is 4.79 Å². The van der Waals surface area contributed by atoms with Crippen LogP contribution in [-0.2, 0) is 10.5 Å². The Bertz CT molecular complexity index is 670. The van der Waals surface area contributed by atoms with Crippen LogP contribution in [0.25, 0.3) is 10.6 Å². The van der Waals surface area contributed by atoms with E-state index in [0.29, 0.717) is 12.3 Å². The van der Waals surface area contributed by atoms with Gasteiger partial charge in [0.2, 0.25) is 5.91 Å². The summed E-state index contributed by atoms with van der Waals surface area (Å²) in [5.74, 6) is 1.56. The molecule has 4 nitrogen and oxygen atoms in total. The number of carbonyl (C=O) groups is 1. The molecule has 1 heterocycles. The number of thioether (sulfide) groups is 1. The lowest BCUT2D eigenvalue weighted by molar-refractivity contribution is -0.120. The minimum absolute atomic E-state index is 0.0261. The van der Waals surface area contributed by atoms with Crippen LogP contribution in [0, 0.1) is 0 Å². The highest BCUT2D eigenvalue weighted by molar-refractivity contribution is 7.99. The molecule has 1 N–H and O–H groups in total. The highest BCUT2D eigenvalue weighted by Gasteiger charge is 2.13. The highest BCUT2D eigenvalue weighted by atomic mass is 32.2. The first-order valence-corrected chi connectivity index (χ1v) is 9.16. The van der Waals surface area contributed by atoms with Crippen molar-refractivity contribution >= 4 is 29.0 Å². The topological polar surface area (TPSA) is 51.2 Å². The fraction of sp³-hybridized carbons (Fsp3) is 0.294. The molecule has 1 amide bonds. The summed E-state index contributed by atoms with van der Waals surface area (Å²) in [7, 11) is 1.65. The molecule has 0 fully saturated rings. The van der Waals surface area contributed by atoms with Gasteiger partial charge in [0, 0.05) is 23.2 Å². The first-order chi connectivity index (χ1) is 11.1. The summed E-state index contributed by atoms with van der Waals surface area (Å²) in [6, 6.07) is 7.86. The number of thiazole rings is 1. The van der Waals surface area contributed by atoms with Crippen LogP contribution in [0.15, 0.2) is 42.3 Å². The Labute approximate surface area is 145 Å². The van der Waals surface area contributed by atoms with Crippen molar-refractivity contribution in [3.8, 4) is 16.3 Å². The van der Waals surface area contributed by atoms with Crippen LogP contribution in [0.3, 0.4) is 0 Å². The number of ether oxygens (including phenoxy) is 1. The summed E-state index contributed by atoms with van der Waals surface area (Å²) in [5.41, 5.74) is 2.03. The van der Waals surface area contributed by atoms with Crippen LogP contribution in [0.1, 0.15) is 12.6 Å². The maximum atomic E-state index is 11.8. The van der Waals surface area contributed by atoms with E-state index in [1.807, 2.05) is 36.6 Å². The van der Waals surface area contributed by atoms with Gasteiger partial charge in [0.1, 0.15) is 10.8 Å². The van der Waals surface area contributed by atoms with Crippen molar-refractivity contribution in [2.45, 2.75) is 17.9 Å². The number of aromatic nitrogens is 1. The molecule has 0 saturated heterocycles. The summed E-state index contributed by atoms with van der Waals surface area (Å²) in [6.07, 6.45) is 1.68. The summed E-state index contributed by atoms with van der Waals surface area (Å²) >= 11 is 3.18. The maximum absolute atomic E-state index is 11.8. The lowest BCUT2D eigenvalue weighted by atomic mass is 10.2. The second kappa shape index (κ2) is 8.74. The number of rotatable bonds is 8. The number of methoxy groups -OCH3 is 1. The van der Waals surface area contributed by atoms with Gasteiger partial charge in [-0.3, -0.25) is 4.79 Å². The first kappa shape index (κ1) is 17.6. The summed E-state index contributed by atoms with van der Waals surface area (Å²) in [5, 5.41) is 5.69. The third-order valence-corrected chi connectivity index (χ3v) is 5.26. The average molecular weight is 348 g/mol. The number of hydrogen-bond donors (Lipinski definition) is 1. The molecule has 122 valence electrons. The highest BCUT2D eigenvalue weighted by Crippen LogP contribution is 2.28. The predicted molar refractivity (Wildman–Crippen MR) is 98.1 cm³/mol. The molecule has 0 spiro atoms. The van der Waals surface area contributed by atoms with E-state index in [1.165, 1.54) is 0 Å². The van der Waals surface area contributed by atoms with E-state index in [4.69, 9.17) is 4.74 Å². The molecule has 0 saturated carbocycles. The lowest BCUT2D eigenvalue weighted by Gasteiger charge is -2.09. The van der Waals surface area contributed by atoms with E-state index >= 15 is 0 Å². The van der Waals surface area contributed by atoms with Gasteiger partial charge in [0.05, 0.1) is 18.1 Å². The summed E-state index contributed by atoms with van der Waals surface area (Å²) in [4.78, 5) is 16.5. The van der Waals surface area contributed by atoms with Gasteiger partial charge in [0.25, 0.3) is 0 Å². The molecule has 2 rings (SSSR count). The number of nitrogens with one attached hydrogen (secondary N) is 1. The predicted octanol–water partition coefficient (Wildman–Crippen LogP) is 3.74. The Morgan fingerprint density at radius 3 is 3.13 bits per heavy atom. The zero-order chi connectivity index (χ0) is 16.7. The molecule has 0 radical (unpaired) electrons. The van der Waals surface area contributed by atoms with Gasteiger partial charge in [-0.2, -0.15) is 0 Å². The van der Waals surface area contributed by atoms with E-state index < -0.39 is 0 Å². The number of nitrogens with zero attached hydrogens (tertiary/aromatic N) is 1. The van der Waals surface area contributed by atoms with Gasteiger partial charge >= 0.3 is 0 Å². The van der Waals surface area contributed by atoms with Gasteiger partial charge in [0.15, 0.2) is 0 Å². The van der Waals surface area contributed by atoms with Crippen molar-refractivity contribution in [3.63, 3.8) is 0 Å². The van der Waals surface area contributed by atoms with Gasteiger partial charge in [-0.25, -0.2) is 4.98 Å². The second-order valence-corrected chi connectivity index (χ2v) is 7.05. The van der Waals surface area contributed by atoms with Crippen molar-refractivity contribution in [3.05, 3.63) is 48.0 Å². The zero-order valence-corrected chi connectivity index (χ0v) is 14.9. The Balaban J connectivity index is 1.94. The van der Waals surface area contributed by atoms with Crippen LogP contribution < -0.4 is 10.1 Å². The molecule has 1 atom stereocenters. The van der Waals surface area contributed by atoms with Crippen molar-refractivity contribution in [1.29, 1.82) is 0 Å². The molecule has 0 bridgehead atoms. The molecule has 0 aliphatic rings. The molecule has 2 aromatic rings. The smallest absolute Gasteiger partial charge is 0.233 e. The molecule has 6 heteroatoms. The molecule has 1 aromatic heterocycles. The molecule has 0 aliphatic heterocycles. The Morgan fingerprint density at radius 2 is 2.39 bits per heavy atom. The lowest BCUT2D eigenvalue weighted by Crippen LogP contribution is -2.30.